The van der Waals surface area contributed by atoms with E-state index in [9.17, 15) is 0 Å². The molecule has 0 atom stereocenters. The number of benzene rings is 1. The van der Waals surface area contributed by atoms with E-state index in [4.69, 9.17) is 11.0 Å². The van der Waals surface area contributed by atoms with Crippen LogP contribution in [0.3, 0.4) is 0 Å². The maximum Gasteiger partial charge on any atom is 0.101 e. The first kappa shape index (κ1) is 13.3. The molecule has 0 bridgehead atoms. The van der Waals surface area contributed by atoms with Crippen molar-refractivity contribution < 1.29 is 0 Å². The standard InChI is InChI=1S/C13H20N4/c1-2-16-7-3-4-8-17-12-5-6-13(15)11(9-12)10-14/h5-6,9,16-17H,2-4,7-8,15H2,1H3. The Morgan fingerprint density at radius 1 is 1.29 bits per heavy atom. The van der Waals surface area contributed by atoms with Crippen molar-refractivity contribution in [1.29, 1.82) is 5.26 Å². The average Bonchev–Trinajstić information content (AvgIpc) is 2.35. The second-order valence-corrected chi connectivity index (χ2v) is 3.90. The smallest absolute Gasteiger partial charge is 0.101 e. The van der Waals surface area contributed by atoms with Crippen LogP contribution in [0.2, 0.25) is 0 Å². The summed E-state index contributed by atoms with van der Waals surface area (Å²) < 4.78 is 0. The maximum absolute atomic E-state index is 8.85. The summed E-state index contributed by atoms with van der Waals surface area (Å²) in [5, 5.41) is 15.4. The van der Waals surface area contributed by atoms with Gasteiger partial charge in [-0.1, -0.05) is 6.92 Å². The van der Waals surface area contributed by atoms with Crippen LogP contribution >= 0.6 is 0 Å². The highest BCUT2D eigenvalue weighted by Crippen LogP contribution is 2.16. The molecule has 0 amide bonds. The van der Waals surface area contributed by atoms with E-state index in [2.05, 4.69) is 23.6 Å². The van der Waals surface area contributed by atoms with Gasteiger partial charge in [-0.05, 0) is 44.1 Å². The van der Waals surface area contributed by atoms with Crippen molar-refractivity contribution in [3.05, 3.63) is 23.8 Å². The largest absolute Gasteiger partial charge is 0.398 e. The number of nitrogens with zero attached hydrogens (tertiary/aromatic N) is 1. The Bertz CT molecular complexity index is 381. The molecule has 0 fully saturated rings. The van der Waals surface area contributed by atoms with E-state index in [0.717, 1.165) is 38.2 Å². The first-order valence-electron chi connectivity index (χ1n) is 6.02. The van der Waals surface area contributed by atoms with Crippen LogP contribution in [-0.2, 0) is 0 Å². The Hall–Kier alpha value is -1.73. The maximum atomic E-state index is 8.85. The summed E-state index contributed by atoms with van der Waals surface area (Å²) in [5.41, 5.74) is 7.67. The SMILES string of the molecule is CCNCCCCNc1ccc(N)c(C#N)c1. The summed E-state index contributed by atoms with van der Waals surface area (Å²) in [6.45, 7) is 5.11. The molecule has 4 heteroatoms. The summed E-state index contributed by atoms with van der Waals surface area (Å²) in [6.07, 6.45) is 2.26. The predicted molar refractivity (Wildman–Crippen MR) is 71.8 cm³/mol. The number of nitrogen functional groups attached to an aromatic ring is 1. The lowest BCUT2D eigenvalue weighted by atomic mass is 10.1. The van der Waals surface area contributed by atoms with Crippen LogP contribution in [-0.4, -0.2) is 19.6 Å². The molecule has 0 heterocycles. The molecule has 0 unspecified atom stereocenters. The molecule has 0 saturated heterocycles. The van der Waals surface area contributed by atoms with Gasteiger partial charge in [0.25, 0.3) is 0 Å². The highest BCUT2D eigenvalue weighted by atomic mass is 14.9. The van der Waals surface area contributed by atoms with Gasteiger partial charge >= 0.3 is 0 Å². The second-order valence-electron chi connectivity index (χ2n) is 3.90. The predicted octanol–water partition coefficient (Wildman–Crippen LogP) is 1.94. The Morgan fingerprint density at radius 3 is 2.76 bits per heavy atom. The molecular weight excluding hydrogens is 212 g/mol. The number of hydrogen-bond acceptors (Lipinski definition) is 4. The van der Waals surface area contributed by atoms with Gasteiger partial charge in [0.15, 0.2) is 0 Å². The highest BCUT2D eigenvalue weighted by Gasteiger charge is 1.99. The van der Waals surface area contributed by atoms with Gasteiger partial charge in [-0.2, -0.15) is 5.26 Å². The molecule has 1 aromatic rings. The highest BCUT2D eigenvalue weighted by molar-refractivity contribution is 5.61. The molecule has 92 valence electrons. The molecule has 0 aromatic heterocycles. The molecule has 4 nitrogen and oxygen atoms in total. The van der Waals surface area contributed by atoms with Crippen LogP contribution in [0.15, 0.2) is 18.2 Å². The zero-order valence-electron chi connectivity index (χ0n) is 10.3. The third kappa shape index (κ3) is 4.75. The Kier molecular flexibility index (Phi) is 5.91. The lowest BCUT2D eigenvalue weighted by molar-refractivity contribution is 0.653. The van der Waals surface area contributed by atoms with E-state index in [1.165, 1.54) is 0 Å². The number of anilines is 2. The van der Waals surface area contributed by atoms with Gasteiger partial charge in [-0.25, -0.2) is 0 Å². The number of nitrogens with one attached hydrogen (secondary N) is 2. The van der Waals surface area contributed by atoms with Gasteiger partial charge in [-0.3, -0.25) is 0 Å². The summed E-state index contributed by atoms with van der Waals surface area (Å²) in [7, 11) is 0. The van der Waals surface area contributed by atoms with Crippen molar-refractivity contribution in [1.82, 2.24) is 5.32 Å². The van der Waals surface area contributed by atoms with Crippen molar-refractivity contribution in [3.63, 3.8) is 0 Å². The third-order valence-electron chi connectivity index (χ3n) is 2.53. The van der Waals surface area contributed by atoms with Gasteiger partial charge in [-0.15, -0.1) is 0 Å². The van der Waals surface area contributed by atoms with E-state index < -0.39 is 0 Å². The minimum Gasteiger partial charge on any atom is -0.398 e. The second kappa shape index (κ2) is 7.53. The fourth-order valence-corrected chi connectivity index (χ4v) is 1.55. The van der Waals surface area contributed by atoms with Crippen LogP contribution in [0.5, 0.6) is 0 Å². The van der Waals surface area contributed by atoms with Gasteiger partial charge in [0.1, 0.15) is 6.07 Å². The molecule has 0 radical (unpaired) electrons. The Balaban J connectivity index is 2.30. The fourth-order valence-electron chi connectivity index (χ4n) is 1.55. The zero-order valence-corrected chi connectivity index (χ0v) is 10.3. The van der Waals surface area contributed by atoms with Crippen molar-refractivity contribution >= 4 is 11.4 Å². The third-order valence-corrected chi connectivity index (χ3v) is 2.53. The van der Waals surface area contributed by atoms with Crippen molar-refractivity contribution in [2.24, 2.45) is 0 Å². The minimum atomic E-state index is 0.530. The van der Waals surface area contributed by atoms with Crippen LogP contribution in [0.4, 0.5) is 11.4 Å². The number of hydrogen-bond donors (Lipinski definition) is 3. The topological polar surface area (TPSA) is 73.9 Å². The van der Waals surface area contributed by atoms with Crippen LogP contribution in [0, 0.1) is 11.3 Å². The normalized spacial score (nSPS) is 9.88. The lowest BCUT2D eigenvalue weighted by Gasteiger charge is -2.07. The molecule has 1 aromatic carbocycles. The van der Waals surface area contributed by atoms with Crippen LogP contribution in [0.25, 0.3) is 0 Å². The van der Waals surface area contributed by atoms with Crippen molar-refractivity contribution in [2.75, 3.05) is 30.7 Å². The van der Waals surface area contributed by atoms with E-state index in [0.29, 0.717) is 11.3 Å². The molecule has 0 spiro atoms. The van der Waals surface area contributed by atoms with E-state index in [1.807, 2.05) is 6.07 Å². The van der Waals surface area contributed by atoms with Crippen LogP contribution in [0.1, 0.15) is 25.3 Å². The van der Waals surface area contributed by atoms with E-state index in [1.54, 1.807) is 12.1 Å². The number of rotatable bonds is 7. The quantitative estimate of drug-likeness (QED) is 0.496. The number of nitrogens with two attached hydrogens (primary N) is 1. The zero-order chi connectivity index (χ0) is 12.5. The summed E-state index contributed by atoms with van der Waals surface area (Å²) in [6, 6.07) is 7.54. The molecule has 4 N–H and O–H groups in total. The lowest BCUT2D eigenvalue weighted by Crippen LogP contribution is -2.15. The molecule has 0 aliphatic rings. The molecule has 0 saturated carbocycles. The first-order chi connectivity index (χ1) is 8.27. The van der Waals surface area contributed by atoms with Gasteiger partial charge < -0.3 is 16.4 Å². The molecule has 1 rings (SSSR count). The van der Waals surface area contributed by atoms with Crippen molar-refractivity contribution in [3.8, 4) is 6.07 Å². The van der Waals surface area contributed by atoms with E-state index >= 15 is 0 Å². The Morgan fingerprint density at radius 2 is 2.06 bits per heavy atom. The minimum absolute atomic E-state index is 0.530. The van der Waals surface area contributed by atoms with Gasteiger partial charge in [0, 0.05) is 17.9 Å². The fraction of sp³-hybridized carbons (Fsp3) is 0.462. The summed E-state index contributed by atoms with van der Waals surface area (Å²) >= 11 is 0. The van der Waals surface area contributed by atoms with Crippen LogP contribution < -0.4 is 16.4 Å². The molecule has 17 heavy (non-hydrogen) atoms. The number of nitriles is 1. The molecule has 0 aliphatic carbocycles. The molecule has 0 aliphatic heterocycles. The molecular formula is C13H20N4. The first-order valence-corrected chi connectivity index (χ1v) is 6.02. The van der Waals surface area contributed by atoms with E-state index in [-0.39, 0.29) is 0 Å². The monoisotopic (exact) mass is 232 g/mol. The van der Waals surface area contributed by atoms with Crippen molar-refractivity contribution in [2.45, 2.75) is 19.8 Å². The number of unbranched alkanes of at least 4 members (excludes halogenated alkanes) is 1. The van der Waals surface area contributed by atoms with Gasteiger partial charge in [0.2, 0.25) is 0 Å². The Labute approximate surface area is 103 Å². The summed E-state index contributed by atoms with van der Waals surface area (Å²) in [4.78, 5) is 0. The van der Waals surface area contributed by atoms with Gasteiger partial charge in [0.05, 0.1) is 5.56 Å². The summed E-state index contributed by atoms with van der Waals surface area (Å²) in [5.74, 6) is 0. The average molecular weight is 232 g/mol.